The van der Waals surface area contributed by atoms with E-state index in [9.17, 15) is 14.7 Å². The number of hydrogen-bond donors (Lipinski definition) is 1. The fourth-order valence-corrected chi connectivity index (χ4v) is 5.23. The molecule has 2 fully saturated rings. The average Bonchev–Trinajstić information content (AvgIpc) is 3.14. The van der Waals surface area contributed by atoms with Gasteiger partial charge in [0.05, 0.1) is 42.5 Å². The Morgan fingerprint density at radius 1 is 1.13 bits per heavy atom. The third kappa shape index (κ3) is 6.34. The van der Waals surface area contributed by atoms with Gasteiger partial charge >= 0.3 is 0 Å². The van der Waals surface area contributed by atoms with Gasteiger partial charge in [0.2, 0.25) is 5.78 Å². The maximum absolute atomic E-state index is 13.8. The minimum Gasteiger partial charge on any atom is -0.872 e. The number of nitrogens with one attached hydrogen (secondary N) is 1. The van der Waals surface area contributed by atoms with Crippen molar-refractivity contribution < 1.29 is 29.1 Å². The molecule has 1 N–H and O–H groups in total. The summed E-state index contributed by atoms with van der Waals surface area (Å²) < 4.78 is 11.2. The lowest BCUT2D eigenvalue weighted by atomic mass is 9.94. The Balaban J connectivity index is 1.68. The number of carbonyl (C=O) groups is 2. The monoisotopic (exact) mass is 560 g/mol. The number of carbonyl (C=O) groups excluding carboxylic acids is 2. The number of morpholine rings is 1. The lowest BCUT2D eigenvalue weighted by Crippen LogP contribution is -3.14. The van der Waals surface area contributed by atoms with Gasteiger partial charge in [0.25, 0.3) is 5.91 Å². The van der Waals surface area contributed by atoms with Gasteiger partial charge in [-0.1, -0.05) is 54.9 Å². The Labute approximate surface area is 233 Å². The Hall–Kier alpha value is -2.58. The second-order valence-electron chi connectivity index (χ2n) is 10.3. The second kappa shape index (κ2) is 12.5. The SMILES string of the molecule is Cc1cc(OCC(C)C)ccc1C([O-])=C1C(=O)C(=O)N(CCC[NH+]2CCOCC2)C1c1ccc(Cl)c(Cl)c1. The Bertz CT molecular complexity index is 1220. The van der Waals surface area contributed by atoms with Crippen molar-refractivity contribution in [3.8, 4) is 5.75 Å². The Morgan fingerprint density at radius 3 is 2.53 bits per heavy atom. The summed E-state index contributed by atoms with van der Waals surface area (Å²) >= 11 is 12.5. The fourth-order valence-electron chi connectivity index (χ4n) is 4.93. The van der Waals surface area contributed by atoms with Crippen molar-refractivity contribution in [2.45, 2.75) is 33.2 Å². The molecule has 2 heterocycles. The molecule has 4 rings (SSSR count). The number of ketones is 1. The first-order valence-corrected chi connectivity index (χ1v) is 13.8. The third-order valence-corrected chi connectivity index (χ3v) is 7.68. The number of quaternary nitrogens is 1. The second-order valence-corrected chi connectivity index (χ2v) is 11.1. The number of rotatable bonds is 9. The molecule has 204 valence electrons. The number of aryl methyl sites for hydroxylation is 1. The molecule has 0 radical (unpaired) electrons. The summed E-state index contributed by atoms with van der Waals surface area (Å²) in [6.07, 6.45) is 0.689. The van der Waals surface area contributed by atoms with Crippen molar-refractivity contribution in [1.29, 1.82) is 0 Å². The van der Waals surface area contributed by atoms with Gasteiger partial charge in [-0.15, -0.1) is 0 Å². The molecule has 2 aliphatic heterocycles. The standard InChI is InChI=1S/C29H34Cl2N2O5/c1-18(2)17-38-21-6-7-22(19(3)15-21)27(34)25-26(20-5-8-23(30)24(31)16-20)33(29(36)28(25)35)10-4-9-32-11-13-37-14-12-32/h5-8,15-16,18,26,34H,4,9-14,17H2,1-3H3. The highest BCUT2D eigenvalue weighted by Crippen LogP contribution is 2.41. The molecule has 2 aromatic carbocycles. The summed E-state index contributed by atoms with van der Waals surface area (Å²) in [7, 11) is 0. The van der Waals surface area contributed by atoms with E-state index in [0.29, 0.717) is 58.0 Å². The zero-order valence-electron chi connectivity index (χ0n) is 22.0. The van der Waals surface area contributed by atoms with Crippen LogP contribution in [0.3, 0.4) is 0 Å². The minimum absolute atomic E-state index is 0.0638. The highest BCUT2D eigenvalue weighted by Gasteiger charge is 2.44. The van der Waals surface area contributed by atoms with Crippen LogP contribution in [0.5, 0.6) is 5.75 Å². The predicted molar refractivity (Wildman–Crippen MR) is 145 cm³/mol. The Kier molecular flexibility index (Phi) is 9.36. The Morgan fingerprint density at radius 2 is 1.87 bits per heavy atom. The summed E-state index contributed by atoms with van der Waals surface area (Å²) in [6.45, 7) is 10.9. The van der Waals surface area contributed by atoms with Gasteiger partial charge in [0.15, 0.2) is 0 Å². The highest BCUT2D eigenvalue weighted by molar-refractivity contribution is 6.46. The van der Waals surface area contributed by atoms with E-state index in [-0.39, 0.29) is 5.57 Å². The van der Waals surface area contributed by atoms with Crippen LogP contribution in [0.4, 0.5) is 0 Å². The van der Waals surface area contributed by atoms with E-state index in [4.69, 9.17) is 32.7 Å². The molecular weight excluding hydrogens is 527 g/mol. The molecule has 38 heavy (non-hydrogen) atoms. The number of likely N-dealkylation sites (tertiary alicyclic amines) is 1. The predicted octanol–water partition coefficient (Wildman–Crippen LogP) is 2.87. The van der Waals surface area contributed by atoms with Crippen LogP contribution >= 0.6 is 23.2 Å². The van der Waals surface area contributed by atoms with Gasteiger partial charge in [-0.3, -0.25) is 9.59 Å². The molecule has 2 saturated heterocycles. The number of amides is 1. The summed E-state index contributed by atoms with van der Waals surface area (Å²) in [5.74, 6) is -0.897. The van der Waals surface area contributed by atoms with Crippen LogP contribution in [-0.4, -0.2) is 62.6 Å². The number of Topliss-reactive ketones (excluding diaryl/α,β-unsaturated/α-hetero) is 1. The van der Waals surface area contributed by atoms with Crippen LogP contribution in [0.15, 0.2) is 42.0 Å². The maximum atomic E-state index is 13.8. The molecule has 1 unspecified atom stereocenters. The zero-order valence-corrected chi connectivity index (χ0v) is 23.5. The van der Waals surface area contributed by atoms with E-state index in [1.54, 1.807) is 43.3 Å². The highest BCUT2D eigenvalue weighted by atomic mass is 35.5. The number of nitrogens with zero attached hydrogens (tertiary/aromatic N) is 1. The summed E-state index contributed by atoms with van der Waals surface area (Å²) in [5, 5.41) is 14.5. The quantitative estimate of drug-likeness (QED) is 0.289. The van der Waals surface area contributed by atoms with Crippen molar-refractivity contribution >= 4 is 40.7 Å². The van der Waals surface area contributed by atoms with Crippen molar-refractivity contribution in [1.82, 2.24) is 4.90 Å². The zero-order chi connectivity index (χ0) is 27.4. The molecule has 2 aromatic rings. The van der Waals surface area contributed by atoms with Gasteiger partial charge in [-0.25, -0.2) is 0 Å². The molecule has 0 bridgehead atoms. The smallest absolute Gasteiger partial charge is 0.295 e. The van der Waals surface area contributed by atoms with E-state index in [1.807, 2.05) is 0 Å². The minimum atomic E-state index is -0.840. The fraction of sp³-hybridized carbons (Fsp3) is 0.448. The van der Waals surface area contributed by atoms with Gasteiger partial charge in [-0.05, 0) is 53.8 Å². The first kappa shape index (κ1) is 28.4. The molecule has 2 aliphatic rings. The molecule has 1 amide bonds. The topological polar surface area (TPSA) is 83.3 Å². The number of hydrogen-bond acceptors (Lipinski definition) is 5. The van der Waals surface area contributed by atoms with E-state index in [0.717, 1.165) is 32.8 Å². The van der Waals surface area contributed by atoms with E-state index >= 15 is 0 Å². The third-order valence-electron chi connectivity index (χ3n) is 6.94. The van der Waals surface area contributed by atoms with E-state index in [1.165, 1.54) is 9.80 Å². The van der Waals surface area contributed by atoms with Gasteiger partial charge in [-0.2, -0.15) is 0 Å². The van der Waals surface area contributed by atoms with E-state index < -0.39 is 23.5 Å². The van der Waals surface area contributed by atoms with Gasteiger partial charge in [0.1, 0.15) is 18.8 Å². The number of benzene rings is 2. The largest absolute Gasteiger partial charge is 0.872 e. The van der Waals surface area contributed by atoms with Crippen molar-refractivity contribution in [2.75, 3.05) is 46.0 Å². The first-order chi connectivity index (χ1) is 18.2. The van der Waals surface area contributed by atoms with E-state index in [2.05, 4.69) is 13.8 Å². The molecule has 0 saturated carbocycles. The molecule has 0 aliphatic carbocycles. The molecular formula is C29H34Cl2N2O5. The maximum Gasteiger partial charge on any atom is 0.295 e. The average molecular weight is 562 g/mol. The van der Waals surface area contributed by atoms with Crippen LogP contribution in [0.1, 0.15) is 43.0 Å². The van der Waals surface area contributed by atoms with Crippen LogP contribution in [0, 0.1) is 12.8 Å². The van der Waals surface area contributed by atoms with Gasteiger partial charge < -0.3 is 24.4 Å². The van der Waals surface area contributed by atoms with Gasteiger partial charge in [0, 0.05) is 18.5 Å². The normalized spacial score (nSPS) is 19.9. The van der Waals surface area contributed by atoms with Crippen LogP contribution < -0.4 is 14.7 Å². The summed E-state index contributed by atoms with van der Waals surface area (Å²) in [4.78, 5) is 29.5. The molecule has 1 atom stereocenters. The first-order valence-electron chi connectivity index (χ1n) is 13.0. The molecule has 9 heteroatoms. The number of halogens is 2. The van der Waals surface area contributed by atoms with Crippen LogP contribution in [-0.2, 0) is 14.3 Å². The lowest BCUT2D eigenvalue weighted by Gasteiger charge is -2.29. The van der Waals surface area contributed by atoms with Crippen molar-refractivity contribution in [3.63, 3.8) is 0 Å². The summed E-state index contributed by atoms with van der Waals surface area (Å²) in [6, 6.07) is 9.30. The number of ether oxygens (including phenoxy) is 2. The van der Waals surface area contributed by atoms with Crippen LogP contribution in [0.2, 0.25) is 10.0 Å². The van der Waals surface area contributed by atoms with Crippen LogP contribution in [0.25, 0.3) is 5.76 Å². The molecule has 7 nitrogen and oxygen atoms in total. The lowest BCUT2D eigenvalue weighted by molar-refractivity contribution is -0.908. The molecule has 0 spiro atoms. The summed E-state index contributed by atoms with van der Waals surface area (Å²) in [5.41, 5.74) is 1.55. The van der Waals surface area contributed by atoms with Crippen molar-refractivity contribution in [3.05, 3.63) is 68.7 Å². The van der Waals surface area contributed by atoms with Crippen molar-refractivity contribution in [2.24, 2.45) is 5.92 Å². The molecule has 0 aromatic heterocycles.